The molecule has 0 bridgehead atoms. The van der Waals surface area contributed by atoms with E-state index in [0.717, 1.165) is 5.69 Å². The normalized spacial score (nSPS) is 14.1. The van der Waals surface area contributed by atoms with Gasteiger partial charge < -0.3 is 14.9 Å². The quantitative estimate of drug-likeness (QED) is 0.748. The van der Waals surface area contributed by atoms with Gasteiger partial charge in [0.25, 0.3) is 11.8 Å². The Balaban J connectivity index is 1.43. The van der Waals surface area contributed by atoms with Gasteiger partial charge >= 0.3 is 0 Å². The van der Waals surface area contributed by atoms with E-state index in [-0.39, 0.29) is 23.3 Å². The molecule has 1 saturated heterocycles. The van der Waals surface area contributed by atoms with Crippen LogP contribution in [0.4, 0.5) is 0 Å². The summed E-state index contributed by atoms with van der Waals surface area (Å²) in [5.74, 6) is -0.611. The highest BCUT2D eigenvalue weighted by Crippen LogP contribution is 2.20. The van der Waals surface area contributed by atoms with E-state index in [0.29, 0.717) is 31.7 Å². The lowest BCUT2D eigenvalue weighted by Gasteiger charge is -2.34. The van der Waals surface area contributed by atoms with E-state index in [1.165, 1.54) is 17.1 Å². The molecule has 1 aliphatic rings. The number of pyridine rings is 1. The van der Waals surface area contributed by atoms with Crippen LogP contribution in [0.25, 0.3) is 5.69 Å². The van der Waals surface area contributed by atoms with Gasteiger partial charge in [-0.15, -0.1) is 0 Å². The van der Waals surface area contributed by atoms with Crippen LogP contribution in [0.1, 0.15) is 20.8 Å². The van der Waals surface area contributed by atoms with Crippen molar-refractivity contribution in [2.45, 2.75) is 0 Å². The maximum absolute atomic E-state index is 12.8. The summed E-state index contributed by atoms with van der Waals surface area (Å²) in [7, 11) is 0. The zero-order valence-electron chi connectivity index (χ0n) is 15.1. The number of amides is 2. The molecule has 0 atom stereocenters. The van der Waals surface area contributed by atoms with Gasteiger partial charge in [0, 0.05) is 38.6 Å². The number of hydrogen-bond donors (Lipinski definition) is 1. The second-order valence-electron chi connectivity index (χ2n) is 6.47. The molecule has 3 heterocycles. The molecule has 0 radical (unpaired) electrons. The minimum atomic E-state index is -0.347. The number of rotatable bonds is 3. The molecule has 8 heteroatoms. The van der Waals surface area contributed by atoms with Crippen molar-refractivity contribution in [2.24, 2.45) is 0 Å². The molecule has 28 heavy (non-hydrogen) atoms. The molecule has 3 aromatic rings. The number of nitrogens with zero attached hydrogens (tertiary/aromatic N) is 5. The number of aromatic hydroxyl groups is 1. The van der Waals surface area contributed by atoms with Gasteiger partial charge in [0.15, 0.2) is 11.4 Å². The second-order valence-corrected chi connectivity index (χ2v) is 6.47. The lowest BCUT2D eigenvalue weighted by molar-refractivity contribution is 0.0530. The fraction of sp³-hybridized carbons (Fsp3) is 0.200. The monoisotopic (exact) mass is 377 g/mol. The van der Waals surface area contributed by atoms with Crippen LogP contribution in [-0.2, 0) is 0 Å². The molecule has 0 saturated carbocycles. The van der Waals surface area contributed by atoms with Crippen LogP contribution in [0, 0.1) is 0 Å². The second kappa shape index (κ2) is 7.51. The zero-order chi connectivity index (χ0) is 19.5. The van der Waals surface area contributed by atoms with Crippen LogP contribution in [0.5, 0.6) is 5.75 Å². The van der Waals surface area contributed by atoms with E-state index < -0.39 is 0 Å². The van der Waals surface area contributed by atoms with Crippen LogP contribution in [0.15, 0.2) is 61.1 Å². The summed E-state index contributed by atoms with van der Waals surface area (Å²) >= 11 is 0. The molecule has 0 spiro atoms. The van der Waals surface area contributed by atoms with Crippen LogP contribution >= 0.6 is 0 Å². The topological polar surface area (TPSA) is 91.6 Å². The van der Waals surface area contributed by atoms with Gasteiger partial charge in [-0.25, -0.2) is 4.68 Å². The summed E-state index contributed by atoms with van der Waals surface area (Å²) < 4.78 is 1.48. The first-order valence-electron chi connectivity index (χ1n) is 8.96. The molecule has 1 fully saturated rings. The van der Waals surface area contributed by atoms with Crippen molar-refractivity contribution in [3.05, 3.63) is 72.3 Å². The van der Waals surface area contributed by atoms with E-state index in [1.807, 2.05) is 30.3 Å². The van der Waals surface area contributed by atoms with E-state index in [1.54, 1.807) is 28.1 Å². The van der Waals surface area contributed by atoms with Gasteiger partial charge in [0.05, 0.1) is 17.4 Å². The summed E-state index contributed by atoms with van der Waals surface area (Å²) in [6.45, 7) is 1.59. The van der Waals surface area contributed by atoms with Crippen molar-refractivity contribution >= 4 is 11.8 Å². The maximum Gasteiger partial charge on any atom is 0.278 e. The highest BCUT2D eigenvalue weighted by molar-refractivity contribution is 5.96. The molecular weight excluding hydrogens is 358 g/mol. The van der Waals surface area contributed by atoms with Crippen molar-refractivity contribution in [1.29, 1.82) is 0 Å². The number of carbonyl (C=O) groups is 2. The first kappa shape index (κ1) is 17.7. The first-order chi connectivity index (χ1) is 13.6. The Kier molecular flexibility index (Phi) is 4.76. The van der Waals surface area contributed by atoms with Crippen molar-refractivity contribution in [3.8, 4) is 11.4 Å². The van der Waals surface area contributed by atoms with E-state index >= 15 is 0 Å². The Hall–Kier alpha value is -3.68. The zero-order valence-corrected chi connectivity index (χ0v) is 15.1. The van der Waals surface area contributed by atoms with Crippen molar-refractivity contribution in [2.75, 3.05) is 26.2 Å². The van der Waals surface area contributed by atoms with Crippen molar-refractivity contribution in [3.63, 3.8) is 0 Å². The first-order valence-corrected chi connectivity index (χ1v) is 8.96. The predicted octanol–water partition coefficient (Wildman–Crippen LogP) is 1.57. The van der Waals surface area contributed by atoms with Crippen LogP contribution in [0.2, 0.25) is 0 Å². The summed E-state index contributed by atoms with van der Waals surface area (Å²) in [5.41, 5.74) is 1.29. The molecule has 1 N–H and O–H groups in total. The number of piperazine rings is 1. The number of aromatic nitrogens is 3. The van der Waals surface area contributed by atoms with E-state index in [4.69, 9.17) is 0 Å². The third kappa shape index (κ3) is 3.44. The highest BCUT2D eigenvalue weighted by Gasteiger charge is 2.28. The van der Waals surface area contributed by atoms with Gasteiger partial charge in [-0.3, -0.25) is 14.6 Å². The average Bonchev–Trinajstić information content (AvgIpc) is 3.16. The fourth-order valence-electron chi connectivity index (χ4n) is 3.16. The molecule has 1 aliphatic heterocycles. The number of para-hydroxylation sites is 1. The Morgan fingerprint density at radius 3 is 2.21 bits per heavy atom. The predicted molar refractivity (Wildman–Crippen MR) is 101 cm³/mol. The summed E-state index contributed by atoms with van der Waals surface area (Å²) in [4.78, 5) is 32.5. The van der Waals surface area contributed by atoms with Gasteiger partial charge in [0.1, 0.15) is 0 Å². The van der Waals surface area contributed by atoms with Gasteiger partial charge in [-0.2, -0.15) is 5.10 Å². The molecule has 1 aromatic carbocycles. The molecule has 0 aliphatic carbocycles. The third-order valence-electron chi connectivity index (χ3n) is 4.68. The lowest BCUT2D eigenvalue weighted by Crippen LogP contribution is -2.50. The molecule has 2 aromatic heterocycles. The number of carbonyl (C=O) groups excluding carboxylic acids is 2. The van der Waals surface area contributed by atoms with E-state index in [2.05, 4.69) is 10.1 Å². The number of benzene rings is 1. The molecule has 8 nitrogen and oxygen atoms in total. The smallest absolute Gasteiger partial charge is 0.278 e. The van der Waals surface area contributed by atoms with Crippen LogP contribution in [0.3, 0.4) is 0 Å². The Morgan fingerprint density at radius 2 is 1.57 bits per heavy atom. The number of hydrogen-bond acceptors (Lipinski definition) is 5. The van der Waals surface area contributed by atoms with E-state index in [9.17, 15) is 14.7 Å². The Bertz CT molecular complexity index is 980. The Labute approximate surface area is 161 Å². The largest absolute Gasteiger partial charge is 0.504 e. The summed E-state index contributed by atoms with van der Waals surface area (Å²) in [6.07, 6.45) is 4.58. The molecule has 4 rings (SSSR count). The summed E-state index contributed by atoms with van der Waals surface area (Å²) in [6, 6.07) is 12.7. The third-order valence-corrected chi connectivity index (χ3v) is 4.68. The van der Waals surface area contributed by atoms with Gasteiger partial charge in [-0.05, 0) is 24.3 Å². The maximum atomic E-state index is 12.8. The fourth-order valence-corrected chi connectivity index (χ4v) is 3.16. The average molecular weight is 377 g/mol. The van der Waals surface area contributed by atoms with Crippen molar-refractivity contribution in [1.82, 2.24) is 24.6 Å². The molecule has 0 unspecified atom stereocenters. The highest BCUT2D eigenvalue weighted by atomic mass is 16.3. The van der Waals surface area contributed by atoms with Crippen LogP contribution < -0.4 is 0 Å². The SMILES string of the molecule is O=C(c1cccnc1)N1CCN(C(=O)c2nn(-c3ccccc3)cc2O)CC1. The summed E-state index contributed by atoms with van der Waals surface area (Å²) in [5, 5.41) is 14.4. The minimum absolute atomic E-state index is 0.0101. The van der Waals surface area contributed by atoms with Gasteiger partial charge in [0.2, 0.25) is 0 Å². The standard InChI is InChI=1S/C20H19N5O3/c26-17-14-25(16-6-2-1-3-7-16)22-18(17)20(28)24-11-9-23(10-12-24)19(27)15-5-4-8-21-13-15/h1-8,13-14,26H,9-12H2. The lowest BCUT2D eigenvalue weighted by atomic mass is 10.2. The Morgan fingerprint density at radius 1 is 0.893 bits per heavy atom. The molecule has 2 amide bonds. The van der Waals surface area contributed by atoms with Gasteiger partial charge in [-0.1, -0.05) is 18.2 Å². The van der Waals surface area contributed by atoms with Crippen LogP contribution in [-0.4, -0.2) is 67.7 Å². The van der Waals surface area contributed by atoms with Crippen molar-refractivity contribution < 1.29 is 14.7 Å². The minimum Gasteiger partial charge on any atom is -0.504 e. The molecule has 142 valence electrons. The molecular formula is C20H19N5O3.